The maximum atomic E-state index is 12.7. The molecule has 7 nitrogen and oxygen atoms in total. The van der Waals surface area contributed by atoms with Gasteiger partial charge in [-0.3, -0.25) is 9.59 Å². The maximum absolute atomic E-state index is 12.7. The molecule has 0 N–H and O–H groups in total. The minimum Gasteiger partial charge on any atom is -0.490 e. The van der Waals surface area contributed by atoms with Gasteiger partial charge in [-0.2, -0.15) is 0 Å². The van der Waals surface area contributed by atoms with Crippen LogP contribution >= 0.6 is 0 Å². The molecule has 32 heavy (non-hydrogen) atoms. The summed E-state index contributed by atoms with van der Waals surface area (Å²) in [5.41, 5.74) is 1.96. The van der Waals surface area contributed by atoms with Crippen LogP contribution in [0.25, 0.3) is 0 Å². The summed E-state index contributed by atoms with van der Waals surface area (Å²) in [6.07, 6.45) is 0.961. The summed E-state index contributed by atoms with van der Waals surface area (Å²) in [5.74, 6) is 0.698. The molecule has 1 aliphatic heterocycles. The van der Waals surface area contributed by atoms with Crippen LogP contribution in [0.2, 0.25) is 0 Å². The first kappa shape index (κ1) is 23.4. The highest BCUT2D eigenvalue weighted by Gasteiger charge is 2.22. The number of nitrogens with zero attached hydrogens (tertiary/aromatic N) is 2. The van der Waals surface area contributed by atoms with E-state index in [4.69, 9.17) is 14.2 Å². The second kappa shape index (κ2) is 12.0. The molecule has 1 amide bonds. The number of ether oxygens (including phenoxy) is 3. The van der Waals surface area contributed by atoms with Crippen LogP contribution in [0.5, 0.6) is 11.5 Å². The molecule has 1 heterocycles. The second-order valence-electron chi connectivity index (χ2n) is 7.60. The first-order valence-corrected chi connectivity index (χ1v) is 11.2. The monoisotopic (exact) mass is 440 g/mol. The van der Waals surface area contributed by atoms with E-state index in [0.29, 0.717) is 37.8 Å². The Kier molecular flexibility index (Phi) is 8.78. The van der Waals surface area contributed by atoms with Crippen molar-refractivity contribution in [2.45, 2.75) is 26.7 Å². The Morgan fingerprint density at radius 1 is 0.906 bits per heavy atom. The quantitative estimate of drug-likeness (QED) is 0.528. The van der Waals surface area contributed by atoms with Crippen molar-refractivity contribution < 1.29 is 23.8 Å². The fraction of sp³-hybridized carbons (Fsp3) is 0.440. The lowest BCUT2D eigenvalue weighted by Gasteiger charge is -2.36. The van der Waals surface area contributed by atoms with Gasteiger partial charge < -0.3 is 24.0 Å². The molecule has 0 unspecified atom stereocenters. The third-order valence-electron chi connectivity index (χ3n) is 5.23. The molecule has 7 heteroatoms. The molecule has 0 saturated carbocycles. The van der Waals surface area contributed by atoms with E-state index < -0.39 is 0 Å². The van der Waals surface area contributed by atoms with Gasteiger partial charge in [-0.1, -0.05) is 31.2 Å². The zero-order chi connectivity index (χ0) is 22.8. The van der Waals surface area contributed by atoms with E-state index in [0.717, 1.165) is 25.1 Å². The number of benzene rings is 2. The van der Waals surface area contributed by atoms with Crippen LogP contribution in [0.3, 0.4) is 0 Å². The second-order valence-corrected chi connectivity index (χ2v) is 7.60. The summed E-state index contributed by atoms with van der Waals surface area (Å²) in [5, 5.41) is 0. The third-order valence-corrected chi connectivity index (χ3v) is 5.23. The Bertz CT molecular complexity index is 879. The highest BCUT2D eigenvalue weighted by molar-refractivity contribution is 5.78. The zero-order valence-electron chi connectivity index (χ0n) is 18.9. The number of rotatable bonds is 10. The lowest BCUT2D eigenvalue weighted by atomic mass is 10.1. The third kappa shape index (κ3) is 6.64. The Morgan fingerprint density at radius 2 is 1.66 bits per heavy atom. The van der Waals surface area contributed by atoms with Crippen molar-refractivity contribution in [1.82, 2.24) is 4.90 Å². The summed E-state index contributed by atoms with van der Waals surface area (Å²) in [6, 6.07) is 15.5. The molecule has 0 aliphatic carbocycles. The summed E-state index contributed by atoms with van der Waals surface area (Å²) in [4.78, 5) is 28.7. The van der Waals surface area contributed by atoms with Crippen LogP contribution in [0.1, 0.15) is 25.8 Å². The highest BCUT2D eigenvalue weighted by atomic mass is 16.5. The molecule has 1 fully saturated rings. The fourth-order valence-corrected chi connectivity index (χ4v) is 3.57. The van der Waals surface area contributed by atoms with Crippen LogP contribution in [-0.4, -0.2) is 62.8 Å². The molecular formula is C25H32N2O5. The molecule has 0 bridgehead atoms. The predicted octanol–water partition coefficient (Wildman–Crippen LogP) is 3.31. The predicted molar refractivity (Wildman–Crippen MR) is 123 cm³/mol. The van der Waals surface area contributed by atoms with Crippen molar-refractivity contribution in [1.29, 1.82) is 0 Å². The Balaban J connectivity index is 1.52. The van der Waals surface area contributed by atoms with Crippen molar-refractivity contribution in [3.63, 3.8) is 0 Å². The Hall–Kier alpha value is -3.22. The average molecular weight is 441 g/mol. The summed E-state index contributed by atoms with van der Waals surface area (Å²) in [6.45, 7) is 7.56. The normalized spacial score (nSPS) is 13.6. The van der Waals surface area contributed by atoms with E-state index in [1.807, 2.05) is 36.9 Å². The Labute approximate surface area is 189 Å². The zero-order valence-corrected chi connectivity index (χ0v) is 18.9. The van der Waals surface area contributed by atoms with Gasteiger partial charge >= 0.3 is 5.97 Å². The van der Waals surface area contributed by atoms with Crippen molar-refractivity contribution >= 4 is 17.6 Å². The first-order chi connectivity index (χ1) is 15.6. The maximum Gasteiger partial charge on any atom is 0.310 e. The molecule has 0 spiro atoms. The molecule has 2 aromatic rings. The van der Waals surface area contributed by atoms with Crippen LogP contribution in [0.4, 0.5) is 5.69 Å². The Morgan fingerprint density at radius 3 is 2.34 bits per heavy atom. The van der Waals surface area contributed by atoms with E-state index in [-0.39, 0.29) is 24.9 Å². The van der Waals surface area contributed by atoms with Gasteiger partial charge in [-0.15, -0.1) is 0 Å². The number of carbonyl (C=O) groups excluding carboxylic acids is 2. The van der Waals surface area contributed by atoms with Crippen molar-refractivity contribution in [2.75, 3.05) is 50.9 Å². The average Bonchev–Trinajstić information content (AvgIpc) is 2.83. The molecule has 3 rings (SSSR count). The van der Waals surface area contributed by atoms with Gasteiger partial charge in [-0.05, 0) is 43.2 Å². The van der Waals surface area contributed by atoms with Gasteiger partial charge in [0, 0.05) is 31.9 Å². The SMILES string of the molecule is CCCOC(=O)Cc1ccc(OCC(=O)N2CCN(c3ccccc3)CC2)c(OCC)c1. The fourth-order valence-electron chi connectivity index (χ4n) is 3.57. The number of amides is 1. The lowest BCUT2D eigenvalue weighted by Crippen LogP contribution is -2.50. The number of para-hydroxylation sites is 1. The molecule has 1 saturated heterocycles. The van der Waals surface area contributed by atoms with E-state index >= 15 is 0 Å². The van der Waals surface area contributed by atoms with Crippen LogP contribution in [0.15, 0.2) is 48.5 Å². The first-order valence-electron chi connectivity index (χ1n) is 11.2. The van der Waals surface area contributed by atoms with Crippen LogP contribution in [-0.2, 0) is 20.7 Å². The lowest BCUT2D eigenvalue weighted by molar-refractivity contribution is -0.142. The number of anilines is 1. The number of esters is 1. The molecule has 0 atom stereocenters. The van der Waals surface area contributed by atoms with Crippen molar-refractivity contribution in [3.05, 3.63) is 54.1 Å². The molecule has 172 valence electrons. The van der Waals surface area contributed by atoms with Gasteiger partial charge in [0.2, 0.25) is 0 Å². The van der Waals surface area contributed by atoms with Gasteiger partial charge in [0.25, 0.3) is 5.91 Å². The van der Waals surface area contributed by atoms with Crippen molar-refractivity contribution in [3.8, 4) is 11.5 Å². The molecular weight excluding hydrogens is 408 g/mol. The van der Waals surface area contributed by atoms with Crippen molar-refractivity contribution in [2.24, 2.45) is 0 Å². The van der Waals surface area contributed by atoms with E-state index in [1.165, 1.54) is 5.69 Å². The minimum absolute atomic E-state index is 0.0487. The number of hydrogen-bond donors (Lipinski definition) is 0. The summed E-state index contributed by atoms with van der Waals surface area (Å²) < 4.78 is 16.6. The highest BCUT2D eigenvalue weighted by Crippen LogP contribution is 2.29. The van der Waals surface area contributed by atoms with E-state index in [9.17, 15) is 9.59 Å². The number of carbonyl (C=O) groups is 2. The van der Waals surface area contributed by atoms with Gasteiger partial charge in [0.15, 0.2) is 18.1 Å². The molecule has 1 aliphatic rings. The van der Waals surface area contributed by atoms with Crippen LogP contribution in [0, 0.1) is 0 Å². The van der Waals surface area contributed by atoms with Gasteiger partial charge in [0.1, 0.15) is 0 Å². The largest absolute Gasteiger partial charge is 0.490 e. The summed E-state index contributed by atoms with van der Waals surface area (Å²) in [7, 11) is 0. The van der Waals surface area contributed by atoms with Gasteiger partial charge in [0.05, 0.1) is 19.6 Å². The van der Waals surface area contributed by atoms with Gasteiger partial charge in [-0.25, -0.2) is 0 Å². The topological polar surface area (TPSA) is 68.3 Å². The van der Waals surface area contributed by atoms with E-state index in [1.54, 1.807) is 18.2 Å². The molecule has 0 aromatic heterocycles. The smallest absolute Gasteiger partial charge is 0.310 e. The van der Waals surface area contributed by atoms with Crippen LogP contribution < -0.4 is 14.4 Å². The number of piperazine rings is 1. The molecule has 2 aromatic carbocycles. The summed E-state index contributed by atoms with van der Waals surface area (Å²) >= 11 is 0. The van der Waals surface area contributed by atoms with E-state index in [2.05, 4.69) is 17.0 Å². The molecule has 0 radical (unpaired) electrons. The minimum atomic E-state index is -0.271. The number of hydrogen-bond acceptors (Lipinski definition) is 6. The standard InChI is InChI=1S/C25H32N2O5/c1-3-16-31-25(29)18-20-10-11-22(23(17-20)30-4-2)32-19-24(28)27-14-12-26(13-15-27)21-8-6-5-7-9-21/h5-11,17H,3-4,12-16,18-19H2,1-2H3.